The fourth-order valence-corrected chi connectivity index (χ4v) is 4.12. The Hall–Kier alpha value is -2.84. The van der Waals surface area contributed by atoms with Crippen molar-refractivity contribution in [1.82, 2.24) is 10.4 Å². The molecule has 27 heavy (non-hydrogen) atoms. The van der Waals surface area contributed by atoms with E-state index in [1.807, 2.05) is 60.5 Å². The van der Waals surface area contributed by atoms with Crippen molar-refractivity contribution < 1.29 is 14.3 Å². The Morgan fingerprint density at radius 3 is 2.59 bits per heavy atom. The Labute approximate surface area is 165 Å². The number of rotatable bonds is 2. The molecule has 2 heterocycles. The van der Waals surface area contributed by atoms with Gasteiger partial charge in [0.1, 0.15) is 4.91 Å². The lowest BCUT2D eigenvalue weighted by Crippen LogP contribution is -2.44. The molecule has 2 aliphatic rings. The van der Waals surface area contributed by atoms with Gasteiger partial charge in [-0.2, -0.15) is 5.01 Å². The number of ether oxygens (including phenoxy) is 1. The number of amides is 2. The first kappa shape index (κ1) is 17.6. The van der Waals surface area contributed by atoms with Gasteiger partial charge in [-0.3, -0.25) is 15.0 Å². The van der Waals surface area contributed by atoms with Gasteiger partial charge in [0.15, 0.2) is 10.1 Å². The standard InChI is InChI=1S/C19H15N3O3S2/c1-11(23)20-22-17(24)16(27-19(22)26)18-21(2)14-10-13(8-9-15(14)25-18)12-6-4-3-5-7-12/h3-10H,1-2H3,(H,20,23)/b18-16-. The zero-order valence-corrected chi connectivity index (χ0v) is 16.2. The SMILES string of the molecule is CC(=O)NN1C(=O)/C(=C2/Oc3ccc(-c4ccccc4)cc3N2C)SC1=S. The van der Waals surface area contributed by atoms with E-state index in [9.17, 15) is 9.59 Å². The number of carbonyl (C=O) groups excluding carboxylic acids is 2. The van der Waals surface area contributed by atoms with Gasteiger partial charge in [0.05, 0.1) is 5.69 Å². The van der Waals surface area contributed by atoms with Crippen LogP contribution < -0.4 is 15.1 Å². The van der Waals surface area contributed by atoms with Gasteiger partial charge >= 0.3 is 0 Å². The van der Waals surface area contributed by atoms with Crippen LogP contribution in [0.3, 0.4) is 0 Å². The second-order valence-electron chi connectivity index (χ2n) is 6.02. The van der Waals surface area contributed by atoms with Crippen LogP contribution in [0.25, 0.3) is 11.1 Å². The van der Waals surface area contributed by atoms with E-state index in [1.54, 1.807) is 0 Å². The maximum absolute atomic E-state index is 12.7. The van der Waals surface area contributed by atoms with Crippen molar-refractivity contribution in [1.29, 1.82) is 0 Å². The second-order valence-corrected chi connectivity index (χ2v) is 7.66. The van der Waals surface area contributed by atoms with Crippen molar-refractivity contribution >= 4 is 45.8 Å². The fourth-order valence-electron chi connectivity index (χ4n) is 2.91. The number of hydrogen-bond acceptors (Lipinski definition) is 6. The van der Waals surface area contributed by atoms with Gasteiger partial charge in [-0.1, -0.05) is 36.4 Å². The van der Waals surface area contributed by atoms with Crippen LogP contribution in [-0.2, 0) is 9.59 Å². The van der Waals surface area contributed by atoms with Gasteiger partial charge in [-0.05, 0) is 47.2 Å². The molecule has 0 spiro atoms. The molecule has 2 aromatic carbocycles. The van der Waals surface area contributed by atoms with E-state index in [4.69, 9.17) is 17.0 Å². The minimum absolute atomic E-state index is 0.260. The molecule has 2 aliphatic heterocycles. The predicted molar refractivity (Wildman–Crippen MR) is 109 cm³/mol. The molecule has 0 saturated carbocycles. The Balaban J connectivity index is 1.69. The van der Waals surface area contributed by atoms with Gasteiger partial charge in [-0.25, -0.2) is 0 Å². The van der Waals surface area contributed by atoms with Gasteiger partial charge < -0.3 is 9.64 Å². The molecule has 0 radical (unpaired) electrons. The molecule has 1 N–H and O–H groups in total. The van der Waals surface area contributed by atoms with E-state index >= 15 is 0 Å². The minimum atomic E-state index is -0.405. The summed E-state index contributed by atoms with van der Waals surface area (Å²) in [5, 5.41) is 1.07. The molecule has 0 unspecified atom stereocenters. The van der Waals surface area contributed by atoms with Gasteiger partial charge in [0.2, 0.25) is 11.8 Å². The summed E-state index contributed by atoms with van der Waals surface area (Å²) in [5.41, 5.74) is 5.44. The summed E-state index contributed by atoms with van der Waals surface area (Å²) in [6, 6.07) is 15.9. The van der Waals surface area contributed by atoms with Gasteiger partial charge in [0, 0.05) is 14.0 Å². The number of hydrogen-bond donors (Lipinski definition) is 1. The minimum Gasteiger partial charge on any atom is -0.437 e. The maximum Gasteiger partial charge on any atom is 0.290 e. The molecular formula is C19H15N3O3S2. The predicted octanol–water partition coefficient (Wildman–Crippen LogP) is 3.26. The number of hydrazine groups is 1. The lowest BCUT2D eigenvalue weighted by molar-refractivity contribution is -0.132. The van der Waals surface area contributed by atoms with Crippen LogP contribution >= 0.6 is 24.0 Å². The third-order valence-electron chi connectivity index (χ3n) is 4.17. The van der Waals surface area contributed by atoms with Crippen molar-refractivity contribution in [2.45, 2.75) is 6.92 Å². The van der Waals surface area contributed by atoms with Gasteiger partial charge in [0.25, 0.3) is 5.91 Å². The molecule has 0 aliphatic carbocycles. The van der Waals surface area contributed by atoms with Crippen LogP contribution in [0.2, 0.25) is 0 Å². The Kier molecular flexibility index (Phi) is 4.37. The van der Waals surface area contributed by atoms with E-state index in [0.29, 0.717) is 16.5 Å². The molecule has 4 rings (SSSR count). The summed E-state index contributed by atoms with van der Waals surface area (Å²) < 4.78 is 6.19. The zero-order chi connectivity index (χ0) is 19.1. The van der Waals surface area contributed by atoms with Crippen molar-refractivity contribution in [3.8, 4) is 16.9 Å². The summed E-state index contributed by atoms with van der Waals surface area (Å²) in [6.07, 6.45) is 0. The van der Waals surface area contributed by atoms with E-state index in [1.165, 1.54) is 6.92 Å². The summed E-state index contributed by atoms with van der Waals surface area (Å²) in [5.74, 6) is 0.296. The number of thioether (sulfide) groups is 1. The highest BCUT2D eigenvalue weighted by atomic mass is 32.2. The molecular weight excluding hydrogens is 382 g/mol. The average Bonchev–Trinajstić information content (AvgIpc) is 3.13. The molecule has 1 fully saturated rings. The first-order chi connectivity index (χ1) is 13.0. The van der Waals surface area contributed by atoms with Crippen molar-refractivity contribution in [3.63, 3.8) is 0 Å². The molecule has 0 atom stereocenters. The maximum atomic E-state index is 12.7. The highest BCUT2D eigenvalue weighted by Crippen LogP contribution is 2.44. The molecule has 136 valence electrons. The second kappa shape index (κ2) is 6.71. The molecule has 8 heteroatoms. The Morgan fingerprint density at radius 2 is 1.89 bits per heavy atom. The van der Waals surface area contributed by atoms with Crippen LogP contribution in [0.15, 0.2) is 59.3 Å². The third-order valence-corrected chi connectivity index (χ3v) is 5.51. The normalized spacial score (nSPS) is 18.6. The number of nitrogens with one attached hydrogen (secondary N) is 1. The van der Waals surface area contributed by atoms with Crippen molar-refractivity contribution in [2.24, 2.45) is 0 Å². The Bertz CT molecular complexity index is 1000. The first-order valence-electron chi connectivity index (χ1n) is 8.14. The highest BCUT2D eigenvalue weighted by Gasteiger charge is 2.40. The number of nitrogens with zero attached hydrogens (tertiary/aromatic N) is 2. The lowest BCUT2D eigenvalue weighted by Gasteiger charge is -2.15. The topological polar surface area (TPSA) is 61.9 Å². The smallest absolute Gasteiger partial charge is 0.290 e. The first-order valence-corrected chi connectivity index (χ1v) is 9.37. The van der Waals surface area contributed by atoms with E-state index in [2.05, 4.69) is 5.43 Å². The number of fused-ring (bicyclic) bond motifs is 1. The number of thiocarbonyl (C=S) groups is 1. The molecule has 0 aromatic heterocycles. The van der Waals surface area contributed by atoms with Crippen LogP contribution in [0, 0.1) is 0 Å². The number of carbonyl (C=O) groups is 2. The summed E-state index contributed by atoms with van der Waals surface area (Å²) >= 11 is 6.31. The van der Waals surface area contributed by atoms with Gasteiger partial charge in [-0.15, -0.1) is 0 Å². The summed E-state index contributed by atoms with van der Waals surface area (Å²) in [6.45, 7) is 1.32. The fraction of sp³-hybridized carbons (Fsp3) is 0.105. The zero-order valence-electron chi connectivity index (χ0n) is 14.6. The Morgan fingerprint density at radius 1 is 1.15 bits per heavy atom. The average molecular weight is 397 g/mol. The van der Waals surface area contributed by atoms with E-state index in [0.717, 1.165) is 33.6 Å². The molecule has 1 saturated heterocycles. The summed E-state index contributed by atoms with van der Waals surface area (Å²) in [4.78, 5) is 26.1. The lowest BCUT2D eigenvalue weighted by atomic mass is 10.0. The van der Waals surface area contributed by atoms with Crippen LogP contribution in [0.1, 0.15) is 6.92 Å². The quantitative estimate of drug-likeness (QED) is 0.620. The molecule has 2 amide bonds. The molecule has 6 nitrogen and oxygen atoms in total. The van der Waals surface area contributed by atoms with E-state index in [-0.39, 0.29) is 10.2 Å². The van der Waals surface area contributed by atoms with Crippen molar-refractivity contribution in [2.75, 3.05) is 11.9 Å². The van der Waals surface area contributed by atoms with Crippen LogP contribution in [-0.4, -0.2) is 28.2 Å². The van der Waals surface area contributed by atoms with E-state index < -0.39 is 5.91 Å². The highest BCUT2D eigenvalue weighted by molar-refractivity contribution is 8.26. The third kappa shape index (κ3) is 3.07. The molecule has 0 bridgehead atoms. The van der Waals surface area contributed by atoms with Crippen LogP contribution in [0.4, 0.5) is 5.69 Å². The van der Waals surface area contributed by atoms with Crippen molar-refractivity contribution in [3.05, 3.63) is 59.3 Å². The summed E-state index contributed by atoms with van der Waals surface area (Å²) in [7, 11) is 1.83. The monoisotopic (exact) mass is 397 g/mol. The van der Waals surface area contributed by atoms with Crippen LogP contribution in [0.5, 0.6) is 5.75 Å². The number of anilines is 1. The molecule has 2 aromatic rings. The largest absolute Gasteiger partial charge is 0.437 e. The number of benzene rings is 2.